The Morgan fingerprint density at radius 3 is 0.810 bits per heavy atom. The fourth-order valence-corrected chi connectivity index (χ4v) is 15.0. The Labute approximate surface area is 134 Å². The third-order valence-electron chi connectivity index (χ3n) is 2.18. The molecule has 0 unspecified atom stereocenters. The average molecular weight is 359 g/mol. The highest BCUT2D eigenvalue weighted by Gasteiger charge is 2.57. The standard InChI is InChI=1S/C12H30O6SSi2/c1-7-13-20(14-8-2,15-9-3)19-21(16-10-4,17-11-5)18-12-6/h7-12H2,1-6H3. The van der Waals surface area contributed by atoms with E-state index in [-0.39, 0.29) is 0 Å². The van der Waals surface area contributed by atoms with Crippen LogP contribution in [0.15, 0.2) is 0 Å². The zero-order valence-electron chi connectivity index (χ0n) is 14.1. The maximum Gasteiger partial charge on any atom is 0.574 e. The van der Waals surface area contributed by atoms with Crippen LogP contribution in [0.5, 0.6) is 0 Å². The van der Waals surface area contributed by atoms with E-state index in [9.17, 15) is 0 Å². The summed E-state index contributed by atoms with van der Waals surface area (Å²) in [4.78, 5) is 0. The van der Waals surface area contributed by atoms with Gasteiger partial charge in [0.25, 0.3) is 0 Å². The lowest BCUT2D eigenvalue weighted by Crippen LogP contribution is -2.54. The van der Waals surface area contributed by atoms with Crippen molar-refractivity contribution in [1.29, 1.82) is 0 Å². The van der Waals surface area contributed by atoms with Crippen molar-refractivity contribution in [1.82, 2.24) is 0 Å². The normalized spacial score (nSPS) is 12.9. The van der Waals surface area contributed by atoms with Crippen LogP contribution in [0.2, 0.25) is 0 Å². The maximum absolute atomic E-state index is 5.86. The van der Waals surface area contributed by atoms with E-state index in [1.54, 1.807) is 0 Å². The van der Waals surface area contributed by atoms with Gasteiger partial charge in [-0.1, -0.05) is 0 Å². The lowest BCUT2D eigenvalue weighted by atomic mass is 10.9. The van der Waals surface area contributed by atoms with Crippen molar-refractivity contribution in [2.75, 3.05) is 39.6 Å². The van der Waals surface area contributed by atoms with E-state index in [0.717, 1.165) is 0 Å². The molecule has 21 heavy (non-hydrogen) atoms. The second-order valence-electron chi connectivity index (χ2n) is 3.70. The maximum atomic E-state index is 5.86. The zero-order chi connectivity index (χ0) is 16.2. The van der Waals surface area contributed by atoms with E-state index in [1.807, 2.05) is 41.5 Å². The van der Waals surface area contributed by atoms with Crippen LogP contribution in [-0.2, 0) is 26.6 Å². The quantitative estimate of drug-likeness (QED) is 0.443. The van der Waals surface area contributed by atoms with Crippen molar-refractivity contribution in [3.63, 3.8) is 0 Å². The number of hydrogen-bond donors (Lipinski definition) is 0. The fraction of sp³-hybridized carbons (Fsp3) is 1.00. The molecule has 0 fully saturated rings. The Balaban J connectivity index is 5.30. The van der Waals surface area contributed by atoms with Gasteiger partial charge in [-0.2, -0.15) is 0 Å². The Morgan fingerprint density at radius 2 is 0.667 bits per heavy atom. The molecule has 0 aromatic rings. The van der Waals surface area contributed by atoms with Crippen LogP contribution in [0.3, 0.4) is 0 Å². The molecule has 0 aliphatic heterocycles. The molecule has 0 aromatic carbocycles. The molecule has 9 heteroatoms. The van der Waals surface area contributed by atoms with Gasteiger partial charge in [0.1, 0.15) is 0 Å². The van der Waals surface area contributed by atoms with E-state index >= 15 is 0 Å². The molecule has 0 saturated heterocycles. The largest absolute Gasteiger partial charge is 0.574 e. The van der Waals surface area contributed by atoms with E-state index < -0.39 is 15.9 Å². The topological polar surface area (TPSA) is 55.4 Å². The predicted octanol–water partition coefficient (Wildman–Crippen LogP) is 2.81. The minimum absolute atomic E-state index is 0.508. The van der Waals surface area contributed by atoms with Gasteiger partial charge < -0.3 is 26.6 Å². The van der Waals surface area contributed by atoms with Crippen molar-refractivity contribution in [2.45, 2.75) is 41.5 Å². The van der Waals surface area contributed by atoms with Crippen LogP contribution >= 0.6 is 10.7 Å². The molecular formula is C12H30O6SSi2. The summed E-state index contributed by atoms with van der Waals surface area (Å²) in [5.41, 5.74) is 0. The first-order valence-corrected chi connectivity index (χ1v) is 13.3. The third kappa shape index (κ3) is 7.57. The van der Waals surface area contributed by atoms with Gasteiger partial charge in [-0.25, -0.2) is 0 Å². The highest BCUT2D eigenvalue weighted by molar-refractivity contribution is 8.46. The summed E-state index contributed by atoms with van der Waals surface area (Å²) in [5, 5.41) is 0. The van der Waals surface area contributed by atoms with Gasteiger partial charge in [0, 0.05) is 39.6 Å². The smallest absolute Gasteiger partial charge is 0.366 e. The minimum Gasteiger partial charge on any atom is -0.366 e. The van der Waals surface area contributed by atoms with Crippen LogP contribution in [0.25, 0.3) is 0 Å². The average Bonchev–Trinajstić information content (AvgIpc) is 2.40. The first-order chi connectivity index (χ1) is 10.1. The van der Waals surface area contributed by atoms with Gasteiger partial charge >= 0.3 is 15.9 Å². The molecule has 0 radical (unpaired) electrons. The van der Waals surface area contributed by atoms with E-state index in [4.69, 9.17) is 26.6 Å². The van der Waals surface area contributed by atoms with E-state index in [2.05, 4.69) is 0 Å². The van der Waals surface area contributed by atoms with Crippen LogP contribution < -0.4 is 0 Å². The van der Waals surface area contributed by atoms with Crippen molar-refractivity contribution in [3.8, 4) is 0 Å². The number of rotatable bonds is 14. The Kier molecular flexibility index (Phi) is 12.3. The molecular weight excluding hydrogens is 328 g/mol. The minimum atomic E-state index is -2.94. The lowest BCUT2D eigenvalue weighted by Gasteiger charge is -2.34. The van der Waals surface area contributed by atoms with Crippen molar-refractivity contribution in [2.24, 2.45) is 0 Å². The molecule has 128 valence electrons. The van der Waals surface area contributed by atoms with Crippen molar-refractivity contribution in [3.05, 3.63) is 0 Å². The first kappa shape index (κ1) is 21.5. The highest BCUT2D eigenvalue weighted by atomic mass is 32.5. The highest BCUT2D eigenvalue weighted by Crippen LogP contribution is 2.36. The van der Waals surface area contributed by atoms with Gasteiger partial charge in [0.15, 0.2) is 0 Å². The summed E-state index contributed by atoms with van der Waals surface area (Å²) in [6, 6.07) is 0. The number of hydrogen-bond acceptors (Lipinski definition) is 7. The molecule has 0 N–H and O–H groups in total. The van der Waals surface area contributed by atoms with Crippen molar-refractivity contribution >= 4 is 26.6 Å². The van der Waals surface area contributed by atoms with Crippen LogP contribution in [0.1, 0.15) is 41.5 Å². The van der Waals surface area contributed by atoms with Crippen molar-refractivity contribution < 1.29 is 26.6 Å². The first-order valence-electron chi connectivity index (χ1n) is 7.61. The monoisotopic (exact) mass is 358 g/mol. The second-order valence-corrected chi connectivity index (χ2v) is 13.1. The summed E-state index contributed by atoms with van der Waals surface area (Å²) in [6.45, 7) is 14.6. The Bertz CT molecular complexity index is 202. The molecule has 0 rings (SSSR count). The second kappa shape index (κ2) is 12.0. The Hall–Kier alpha value is 0.544. The summed E-state index contributed by atoms with van der Waals surface area (Å²) >= 11 is 0. The molecule has 0 amide bonds. The molecule has 0 heterocycles. The van der Waals surface area contributed by atoms with Gasteiger partial charge in [0.05, 0.1) is 0 Å². The molecule has 6 nitrogen and oxygen atoms in total. The molecule has 0 aliphatic rings. The van der Waals surface area contributed by atoms with Gasteiger partial charge in [-0.15, -0.1) is 0 Å². The Morgan fingerprint density at radius 1 is 0.476 bits per heavy atom. The van der Waals surface area contributed by atoms with Crippen LogP contribution in [0, 0.1) is 0 Å². The summed E-state index contributed by atoms with van der Waals surface area (Å²) in [7, 11) is -4.50. The molecule has 0 atom stereocenters. The molecule has 0 aliphatic carbocycles. The SMILES string of the molecule is CCO[Si](OCC)(OCC)S[Si](OCC)(OCC)OCC. The molecule has 0 saturated carbocycles. The van der Waals surface area contributed by atoms with E-state index in [1.165, 1.54) is 10.7 Å². The van der Waals surface area contributed by atoms with Gasteiger partial charge in [0.2, 0.25) is 0 Å². The van der Waals surface area contributed by atoms with Crippen LogP contribution in [-0.4, -0.2) is 55.5 Å². The lowest BCUT2D eigenvalue weighted by molar-refractivity contribution is 0.0880. The summed E-state index contributed by atoms with van der Waals surface area (Å²) < 4.78 is 35.1. The molecule has 0 aromatic heterocycles. The van der Waals surface area contributed by atoms with Gasteiger partial charge in [-0.3, -0.25) is 0 Å². The summed E-state index contributed by atoms with van der Waals surface area (Å²) in [6.07, 6.45) is 0. The zero-order valence-corrected chi connectivity index (χ0v) is 16.9. The van der Waals surface area contributed by atoms with Gasteiger partial charge in [-0.05, 0) is 52.2 Å². The fourth-order valence-electron chi connectivity index (χ4n) is 1.64. The third-order valence-corrected chi connectivity index (χ3v) is 14.7. The molecule has 0 bridgehead atoms. The van der Waals surface area contributed by atoms with Crippen LogP contribution in [0.4, 0.5) is 0 Å². The summed E-state index contributed by atoms with van der Waals surface area (Å²) in [5.74, 6) is 0. The molecule has 0 spiro atoms. The van der Waals surface area contributed by atoms with E-state index in [0.29, 0.717) is 39.6 Å². The predicted molar refractivity (Wildman–Crippen MR) is 88.9 cm³/mol.